The van der Waals surface area contributed by atoms with Crippen LogP contribution in [0.2, 0.25) is 5.02 Å². The molecule has 2 heterocycles. The molecule has 3 rings (SSSR count). The van der Waals surface area contributed by atoms with Gasteiger partial charge < -0.3 is 4.42 Å². The Morgan fingerprint density at radius 1 is 1.48 bits per heavy atom. The molecule has 116 valence electrons. The van der Waals surface area contributed by atoms with Gasteiger partial charge in [0, 0.05) is 11.6 Å². The Kier molecular flexibility index (Phi) is 4.04. The number of furan rings is 1. The quantitative estimate of drug-likeness (QED) is 0.335. The summed E-state index contributed by atoms with van der Waals surface area (Å²) < 4.78 is 6.88. The summed E-state index contributed by atoms with van der Waals surface area (Å²) in [7, 11) is 0. The predicted molar refractivity (Wildman–Crippen MR) is 86.2 cm³/mol. The van der Waals surface area contributed by atoms with Gasteiger partial charge in [0.25, 0.3) is 5.69 Å². The number of halogens is 1. The van der Waals surface area contributed by atoms with Gasteiger partial charge in [-0.1, -0.05) is 17.7 Å². The van der Waals surface area contributed by atoms with Crippen molar-refractivity contribution in [2.75, 3.05) is 0 Å². The Morgan fingerprint density at radius 3 is 3.00 bits per heavy atom. The molecule has 2 aromatic heterocycles. The van der Waals surface area contributed by atoms with Gasteiger partial charge in [-0.15, -0.1) is 5.10 Å². The molecule has 0 bridgehead atoms. The third-order valence-corrected chi connectivity index (χ3v) is 3.47. The standard InChI is InChI=1S/C13H8ClN5O3S/c14-9-4-3-8(6-10(9)19(20)21)7-15-18-12(16-17-13(18)23)11-2-1-5-22-11/h1-7H,(H,17,23)/b15-7+. The number of benzene rings is 1. The molecular weight excluding hydrogens is 342 g/mol. The zero-order valence-corrected chi connectivity index (χ0v) is 12.9. The van der Waals surface area contributed by atoms with Crippen LogP contribution in [0.15, 0.2) is 46.1 Å². The van der Waals surface area contributed by atoms with Crippen LogP contribution in [0, 0.1) is 14.9 Å². The number of aromatic nitrogens is 3. The highest BCUT2D eigenvalue weighted by Gasteiger charge is 2.13. The average molecular weight is 350 g/mol. The van der Waals surface area contributed by atoms with E-state index in [0.717, 1.165) is 0 Å². The summed E-state index contributed by atoms with van der Waals surface area (Å²) in [5, 5.41) is 21.8. The minimum atomic E-state index is -0.558. The molecular formula is C13H8ClN5O3S. The van der Waals surface area contributed by atoms with E-state index in [0.29, 0.717) is 17.1 Å². The maximum Gasteiger partial charge on any atom is 0.288 e. The van der Waals surface area contributed by atoms with Gasteiger partial charge in [-0.25, -0.2) is 5.10 Å². The summed E-state index contributed by atoms with van der Waals surface area (Å²) >= 11 is 10.9. The lowest BCUT2D eigenvalue weighted by Gasteiger charge is -1.99. The maximum absolute atomic E-state index is 10.9. The predicted octanol–water partition coefficient (Wildman–Crippen LogP) is 3.64. The normalized spacial score (nSPS) is 11.2. The van der Waals surface area contributed by atoms with Crippen molar-refractivity contribution >= 4 is 35.7 Å². The van der Waals surface area contributed by atoms with Gasteiger partial charge >= 0.3 is 0 Å². The van der Waals surface area contributed by atoms with Gasteiger partial charge in [-0.3, -0.25) is 10.1 Å². The Bertz CT molecular complexity index is 945. The summed E-state index contributed by atoms with van der Waals surface area (Å²) in [6, 6.07) is 7.79. The first-order chi connectivity index (χ1) is 11.1. The molecule has 0 spiro atoms. The molecule has 0 atom stereocenters. The SMILES string of the molecule is O=[N+]([O-])c1cc(/C=N/n2c(-c3ccco3)n[nH]c2=S)ccc1Cl. The molecule has 0 amide bonds. The monoisotopic (exact) mass is 349 g/mol. The van der Waals surface area contributed by atoms with E-state index in [1.807, 2.05) is 0 Å². The third kappa shape index (κ3) is 3.05. The zero-order valence-electron chi connectivity index (χ0n) is 11.3. The fraction of sp³-hybridized carbons (Fsp3) is 0. The molecule has 10 heteroatoms. The van der Waals surface area contributed by atoms with E-state index in [9.17, 15) is 10.1 Å². The number of nitro groups is 1. The van der Waals surface area contributed by atoms with Crippen LogP contribution in [-0.4, -0.2) is 26.0 Å². The number of hydrogen-bond donors (Lipinski definition) is 1. The van der Waals surface area contributed by atoms with E-state index in [2.05, 4.69) is 15.3 Å². The third-order valence-electron chi connectivity index (χ3n) is 2.88. The topological polar surface area (TPSA) is 102 Å². The molecule has 1 N–H and O–H groups in total. The van der Waals surface area contributed by atoms with E-state index < -0.39 is 4.92 Å². The lowest BCUT2D eigenvalue weighted by Crippen LogP contribution is -1.95. The summed E-state index contributed by atoms with van der Waals surface area (Å²) in [5.41, 5.74) is 0.298. The molecule has 0 aliphatic rings. The number of H-pyrrole nitrogens is 1. The molecule has 8 nitrogen and oxygen atoms in total. The fourth-order valence-corrected chi connectivity index (χ4v) is 2.20. The largest absolute Gasteiger partial charge is 0.461 e. The van der Waals surface area contributed by atoms with Crippen molar-refractivity contribution < 1.29 is 9.34 Å². The molecule has 0 fully saturated rings. The highest BCUT2D eigenvalue weighted by molar-refractivity contribution is 7.71. The average Bonchev–Trinajstić information content (AvgIpc) is 3.16. The second-order valence-corrected chi connectivity index (χ2v) is 5.15. The van der Waals surface area contributed by atoms with E-state index in [1.165, 1.54) is 29.3 Å². The molecule has 0 aliphatic carbocycles. The van der Waals surface area contributed by atoms with E-state index in [4.69, 9.17) is 28.2 Å². The second kappa shape index (κ2) is 6.15. The van der Waals surface area contributed by atoms with Crippen molar-refractivity contribution in [2.45, 2.75) is 0 Å². The highest BCUT2D eigenvalue weighted by Crippen LogP contribution is 2.24. The van der Waals surface area contributed by atoms with Crippen molar-refractivity contribution in [1.82, 2.24) is 14.9 Å². The Hall–Kier alpha value is -2.78. The lowest BCUT2D eigenvalue weighted by atomic mass is 10.2. The highest BCUT2D eigenvalue weighted by atomic mass is 35.5. The van der Waals surface area contributed by atoms with Crippen LogP contribution < -0.4 is 0 Å². The molecule has 0 radical (unpaired) electrons. The minimum absolute atomic E-state index is 0.0587. The molecule has 23 heavy (non-hydrogen) atoms. The molecule has 0 aliphatic heterocycles. The van der Waals surface area contributed by atoms with Gasteiger partial charge in [0.2, 0.25) is 10.6 Å². The summed E-state index contributed by atoms with van der Waals surface area (Å²) in [5.74, 6) is 0.872. The number of nitro benzene ring substituents is 1. The number of nitrogens with one attached hydrogen (secondary N) is 1. The van der Waals surface area contributed by atoms with Crippen LogP contribution in [0.1, 0.15) is 5.56 Å². The van der Waals surface area contributed by atoms with E-state index in [-0.39, 0.29) is 15.5 Å². The first-order valence-electron chi connectivity index (χ1n) is 6.26. The number of hydrogen-bond acceptors (Lipinski definition) is 6. The summed E-state index contributed by atoms with van der Waals surface area (Å²) in [4.78, 5) is 10.3. The Balaban J connectivity index is 1.99. The van der Waals surface area contributed by atoms with E-state index in [1.54, 1.807) is 18.2 Å². The number of nitrogens with zero attached hydrogens (tertiary/aromatic N) is 4. The van der Waals surface area contributed by atoms with Gasteiger partial charge in [-0.05, 0) is 30.4 Å². The maximum atomic E-state index is 10.9. The van der Waals surface area contributed by atoms with Gasteiger partial charge in [0.1, 0.15) is 5.02 Å². The van der Waals surface area contributed by atoms with Crippen molar-refractivity contribution in [3.05, 3.63) is 62.1 Å². The number of rotatable bonds is 4. The van der Waals surface area contributed by atoms with E-state index >= 15 is 0 Å². The van der Waals surface area contributed by atoms with Gasteiger partial charge in [-0.2, -0.15) is 9.78 Å². The van der Waals surface area contributed by atoms with Crippen molar-refractivity contribution in [3.63, 3.8) is 0 Å². The molecule has 1 aromatic carbocycles. The van der Waals surface area contributed by atoms with Gasteiger partial charge in [0.15, 0.2) is 5.76 Å². The fourth-order valence-electron chi connectivity index (χ4n) is 1.84. The van der Waals surface area contributed by atoms with Crippen LogP contribution in [0.3, 0.4) is 0 Å². The second-order valence-electron chi connectivity index (χ2n) is 4.35. The van der Waals surface area contributed by atoms with Crippen LogP contribution in [-0.2, 0) is 0 Å². The summed E-state index contributed by atoms with van der Waals surface area (Å²) in [6.45, 7) is 0. The first-order valence-corrected chi connectivity index (χ1v) is 7.04. The molecule has 0 unspecified atom stereocenters. The zero-order chi connectivity index (χ0) is 16.4. The lowest BCUT2D eigenvalue weighted by molar-refractivity contribution is -0.384. The van der Waals surface area contributed by atoms with Gasteiger partial charge in [0.05, 0.1) is 17.4 Å². The van der Waals surface area contributed by atoms with Crippen LogP contribution in [0.25, 0.3) is 11.6 Å². The smallest absolute Gasteiger partial charge is 0.288 e. The Morgan fingerprint density at radius 2 is 2.30 bits per heavy atom. The summed E-state index contributed by atoms with van der Waals surface area (Å²) in [6.07, 6.45) is 2.92. The van der Waals surface area contributed by atoms with Crippen LogP contribution >= 0.6 is 23.8 Å². The molecule has 3 aromatic rings. The molecule has 0 saturated heterocycles. The minimum Gasteiger partial charge on any atom is -0.461 e. The first kappa shape index (κ1) is 15.1. The van der Waals surface area contributed by atoms with Crippen LogP contribution in [0.5, 0.6) is 0 Å². The van der Waals surface area contributed by atoms with Crippen LogP contribution in [0.4, 0.5) is 5.69 Å². The Labute approximate surface area is 139 Å². The van der Waals surface area contributed by atoms with Crippen molar-refractivity contribution in [3.8, 4) is 11.6 Å². The van der Waals surface area contributed by atoms with Crippen molar-refractivity contribution in [1.29, 1.82) is 0 Å². The number of aromatic amines is 1. The molecule has 0 saturated carbocycles. The van der Waals surface area contributed by atoms with Crippen molar-refractivity contribution in [2.24, 2.45) is 5.10 Å².